The van der Waals surface area contributed by atoms with E-state index in [0.29, 0.717) is 18.2 Å². The molecule has 0 atom stereocenters. The Labute approximate surface area is 129 Å². The third-order valence-corrected chi connectivity index (χ3v) is 4.41. The molecule has 1 aromatic carbocycles. The van der Waals surface area contributed by atoms with Crippen LogP contribution in [0.2, 0.25) is 5.02 Å². The molecule has 114 valence electrons. The number of amides is 2. The van der Waals surface area contributed by atoms with Crippen LogP contribution in [-0.2, 0) is 0 Å². The first kappa shape index (κ1) is 14.5. The number of urea groups is 1. The first-order chi connectivity index (χ1) is 10.2. The molecule has 0 unspecified atom stereocenters. The minimum atomic E-state index is -0.0391. The number of halogens is 1. The van der Waals surface area contributed by atoms with Crippen LogP contribution in [0.5, 0.6) is 5.75 Å². The summed E-state index contributed by atoms with van der Waals surface area (Å²) < 4.78 is 5.65. The van der Waals surface area contributed by atoms with E-state index in [-0.39, 0.29) is 11.6 Å². The number of carbonyl (C=O) groups excluding carboxylic acids is 1. The summed E-state index contributed by atoms with van der Waals surface area (Å²) in [5.74, 6) is 0.774. The molecule has 2 N–H and O–H groups in total. The number of nitrogens with zero attached hydrogens (tertiary/aromatic N) is 1. The van der Waals surface area contributed by atoms with Crippen molar-refractivity contribution in [3.05, 3.63) is 29.3 Å². The average Bonchev–Trinajstić information content (AvgIpc) is 2.78. The minimum absolute atomic E-state index is 0.0246. The van der Waals surface area contributed by atoms with Crippen LogP contribution >= 0.6 is 11.6 Å². The summed E-state index contributed by atoms with van der Waals surface area (Å²) in [7, 11) is 0. The molecule has 21 heavy (non-hydrogen) atoms. The van der Waals surface area contributed by atoms with Gasteiger partial charge in [0, 0.05) is 11.6 Å². The number of piperidine rings is 1. The number of hydrogen-bond acceptors (Lipinski definition) is 3. The molecule has 2 saturated heterocycles. The normalized spacial score (nSPS) is 20.6. The molecule has 0 radical (unpaired) electrons. The van der Waals surface area contributed by atoms with Gasteiger partial charge in [0.1, 0.15) is 12.4 Å². The van der Waals surface area contributed by atoms with E-state index in [1.165, 1.54) is 0 Å². The zero-order valence-corrected chi connectivity index (χ0v) is 12.7. The molecule has 1 aromatic rings. The van der Waals surface area contributed by atoms with Gasteiger partial charge in [0.25, 0.3) is 0 Å². The average molecular weight is 310 g/mol. The maximum atomic E-state index is 12.1. The van der Waals surface area contributed by atoms with Gasteiger partial charge in [-0.15, -0.1) is 0 Å². The molecule has 0 saturated carbocycles. The van der Waals surface area contributed by atoms with Gasteiger partial charge in [-0.1, -0.05) is 11.6 Å². The fourth-order valence-electron chi connectivity index (χ4n) is 2.96. The van der Waals surface area contributed by atoms with Crippen molar-refractivity contribution in [1.82, 2.24) is 15.5 Å². The van der Waals surface area contributed by atoms with Gasteiger partial charge in [0.05, 0.1) is 12.1 Å². The first-order valence-electron chi connectivity index (χ1n) is 7.33. The molecular weight excluding hydrogens is 290 g/mol. The molecular formula is C15H20ClN3O2. The summed E-state index contributed by atoms with van der Waals surface area (Å²) in [6, 6.07) is 7.28. The van der Waals surface area contributed by atoms with Gasteiger partial charge in [-0.3, -0.25) is 0 Å². The topological polar surface area (TPSA) is 53.6 Å². The maximum Gasteiger partial charge on any atom is 0.318 e. The lowest BCUT2D eigenvalue weighted by Gasteiger charge is -2.33. The number of benzene rings is 1. The van der Waals surface area contributed by atoms with Crippen molar-refractivity contribution in [2.75, 3.05) is 32.8 Å². The Morgan fingerprint density at radius 1 is 1.24 bits per heavy atom. The number of carbonyl (C=O) groups is 1. The van der Waals surface area contributed by atoms with Gasteiger partial charge < -0.3 is 20.3 Å². The highest BCUT2D eigenvalue weighted by Crippen LogP contribution is 2.25. The van der Waals surface area contributed by atoms with E-state index in [9.17, 15) is 4.79 Å². The lowest BCUT2D eigenvalue weighted by molar-refractivity contribution is 0.200. The number of ether oxygens (including phenoxy) is 1. The lowest BCUT2D eigenvalue weighted by Crippen LogP contribution is -2.51. The van der Waals surface area contributed by atoms with Crippen LogP contribution in [0.1, 0.15) is 12.8 Å². The van der Waals surface area contributed by atoms with Gasteiger partial charge in [-0.2, -0.15) is 0 Å². The van der Waals surface area contributed by atoms with Gasteiger partial charge in [0.15, 0.2) is 0 Å². The summed E-state index contributed by atoms with van der Waals surface area (Å²) in [6.45, 7) is 3.80. The van der Waals surface area contributed by atoms with Gasteiger partial charge in [-0.25, -0.2) is 4.79 Å². The molecule has 2 fully saturated rings. The van der Waals surface area contributed by atoms with Crippen molar-refractivity contribution in [2.24, 2.45) is 0 Å². The van der Waals surface area contributed by atoms with Crippen LogP contribution in [0.3, 0.4) is 0 Å². The van der Waals surface area contributed by atoms with Crippen molar-refractivity contribution in [1.29, 1.82) is 0 Å². The van der Waals surface area contributed by atoms with Crippen LogP contribution < -0.4 is 15.4 Å². The molecule has 2 aliphatic heterocycles. The van der Waals surface area contributed by atoms with Crippen molar-refractivity contribution < 1.29 is 9.53 Å². The number of nitrogens with one attached hydrogen (secondary N) is 2. The quantitative estimate of drug-likeness (QED) is 0.893. The highest BCUT2D eigenvalue weighted by atomic mass is 35.5. The lowest BCUT2D eigenvalue weighted by atomic mass is 9.89. The summed E-state index contributed by atoms with van der Waals surface area (Å²) in [6.07, 6.45) is 1.99. The van der Waals surface area contributed by atoms with Gasteiger partial charge >= 0.3 is 6.03 Å². The zero-order valence-electron chi connectivity index (χ0n) is 11.9. The van der Waals surface area contributed by atoms with Crippen LogP contribution in [0.4, 0.5) is 4.79 Å². The standard InChI is InChI=1S/C15H20ClN3O2/c16-12-1-3-13(4-2-12)21-10-9-19-11-15(18-14(19)20)5-7-17-8-6-15/h1-4,17H,5-11H2,(H,18,20). The molecule has 3 rings (SSSR count). The van der Waals surface area contributed by atoms with E-state index < -0.39 is 0 Å². The fraction of sp³-hybridized carbons (Fsp3) is 0.533. The summed E-state index contributed by atoms with van der Waals surface area (Å²) in [5.41, 5.74) is -0.0391. The van der Waals surface area contributed by atoms with E-state index >= 15 is 0 Å². The van der Waals surface area contributed by atoms with E-state index in [2.05, 4.69) is 10.6 Å². The maximum absolute atomic E-state index is 12.1. The van der Waals surface area contributed by atoms with E-state index in [4.69, 9.17) is 16.3 Å². The molecule has 2 amide bonds. The third-order valence-electron chi connectivity index (χ3n) is 4.16. The second-order valence-corrected chi connectivity index (χ2v) is 6.12. The minimum Gasteiger partial charge on any atom is -0.492 e. The van der Waals surface area contributed by atoms with E-state index in [1.807, 2.05) is 17.0 Å². The molecule has 6 heteroatoms. The van der Waals surface area contributed by atoms with Crippen LogP contribution in [0.25, 0.3) is 0 Å². The first-order valence-corrected chi connectivity index (χ1v) is 7.71. The monoisotopic (exact) mass is 309 g/mol. The Morgan fingerprint density at radius 3 is 2.67 bits per heavy atom. The second kappa shape index (κ2) is 6.12. The van der Waals surface area contributed by atoms with Gasteiger partial charge in [0.2, 0.25) is 0 Å². The Kier molecular flexibility index (Phi) is 4.22. The molecule has 2 aliphatic rings. The van der Waals surface area contributed by atoms with Crippen molar-refractivity contribution in [3.63, 3.8) is 0 Å². The number of hydrogen-bond donors (Lipinski definition) is 2. The molecule has 5 nitrogen and oxygen atoms in total. The predicted molar refractivity (Wildman–Crippen MR) is 81.9 cm³/mol. The highest BCUT2D eigenvalue weighted by molar-refractivity contribution is 6.30. The Bertz CT molecular complexity index is 500. The molecule has 2 heterocycles. The predicted octanol–water partition coefficient (Wildman–Crippen LogP) is 1.87. The second-order valence-electron chi connectivity index (χ2n) is 5.68. The Hall–Kier alpha value is -1.46. The SMILES string of the molecule is O=C1NC2(CCNCC2)CN1CCOc1ccc(Cl)cc1. The molecule has 0 aliphatic carbocycles. The van der Waals surface area contributed by atoms with Crippen molar-refractivity contribution in [2.45, 2.75) is 18.4 Å². The van der Waals surface area contributed by atoms with Crippen LogP contribution in [0.15, 0.2) is 24.3 Å². The van der Waals surface area contributed by atoms with Crippen LogP contribution in [-0.4, -0.2) is 49.3 Å². The van der Waals surface area contributed by atoms with E-state index in [1.54, 1.807) is 12.1 Å². The number of rotatable bonds is 4. The van der Waals surface area contributed by atoms with Crippen LogP contribution in [0, 0.1) is 0 Å². The van der Waals surface area contributed by atoms with Gasteiger partial charge in [-0.05, 0) is 50.2 Å². The van der Waals surface area contributed by atoms with Crippen molar-refractivity contribution >= 4 is 17.6 Å². The molecule has 1 spiro atoms. The summed E-state index contributed by atoms with van der Waals surface area (Å²) in [4.78, 5) is 13.9. The smallest absolute Gasteiger partial charge is 0.318 e. The Morgan fingerprint density at radius 2 is 1.95 bits per heavy atom. The Balaban J connectivity index is 1.49. The molecule has 0 bridgehead atoms. The summed E-state index contributed by atoms with van der Waals surface area (Å²) >= 11 is 5.83. The summed E-state index contributed by atoms with van der Waals surface area (Å²) in [5, 5.41) is 7.17. The molecule has 0 aromatic heterocycles. The third kappa shape index (κ3) is 3.41. The largest absolute Gasteiger partial charge is 0.492 e. The zero-order chi connectivity index (χ0) is 14.7. The van der Waals surface area contributed by atoms with E-state index in [0.717, 1.165) is 38.2 Å². The fourth-order valence-corrected chi connectivity index (χ4v) is 3.08. The van der Waals surface area contributed by atoms with Crippen molar-refractivity contribution in [3.8, 4) is 5.75 Å². The highest BCUT2D eigenvalue weighted by Gasteiger charge is 2.42.